The second-order valence-electron chi connectivity index (χ2n) is 8.15. The number of Topliss-reactive ketones (excluding diaryl/α,β-unsaturated/α-hetero) is 1. The van der Waals surface area contributed by atoms with Gasteiger partial charge in [-0.05, 0) is 38.7 Å². The third kappa shape index (κ3) is 4.57. The van der Waals surface area contributed by atoms with E-state index in [0.29, 0.717) is 39.3 Å². The van der Waals surface area contributed by atoms with Gasteiger partial charge in [-0.15, -0.1) is 11.3 Å². The lowest BCUT2D eigenvalue weighted by Crippen LogP contribution is -2.36. The zero-order valence-corrected chi connectivity index (χ0v) is 20.2. The maximum atomic E-state index is 13.7. The number of halogens is 1. The number of aromatic nitrogens is 1. The van der Waals surface area contributed by atoms with Crippen molar-refractivity contribution in [3.05, 3.63) is 87.1 Å². The Morgan fingerprint density at radius 1 is 1.15 bits per heavy atom. The van der Waals surface area contributed by atoms with Crippen molar-refractivity contribution in [2.45, 2.75) is 13.0 Å². The number of carbonyl (C=O) groups is 2. The molecular weight excluding hydrogens is 458 g/mol. The molecule has 1 amide bonds. The Morgan fingerprint density at radius 2 is 1.82 bits per heavy atom. The van der Waals surface area contributed by atoms with E-state index in [1.807, 2.05) is 49.3 Å². The third-order valence-corrected chi connectivity index (χ3v) is 7.00. The van der Waals surface area contributed by atoms with Crippen LogP contribution in [0.25, 0.3) is 10.6 Å². The highest BCUT2D eigenvalue weighted by Crippen LogP contribution is 2.41. The molecule has 0 unspecified atom stereocenters. The van der Waals surface area contributed by atoms with Crippen molar-refractivity contribution in [1.29, 1.82) is 0 Å². The molecule has 0 fully saturated rings. The topological polar surface area (TPSA) is 73.7 Å². The summed E-state index contributed by atoms with van der Waals surface area (Å²) in [6, 6.07) is 15.9. The number of amides is 1. The number of carbonyl (C=O) groups excluding carboxylic acids is 2. The Labute approximate surface area is 201 Å². The minimum Gasteiger partial charge on any atom is -0.503 e. The Kier molecular flexibility index (Phi) is 6.65. The molecule has 170 valence electrons. The predicted molar refractivity (Wildman–Crippen MR) is 131 cm³/mol. The molecule has 4 rings (SSSR count). The lowest BCUT2D eigenvalue weighted by Gasteiger charge is -2.28. The number of nitrogens with zero attached hydrogens (tertiary/aromatic N) is 3. The van der Waals surface area contributed by atoms with Gasteiger partial charge < -0.3 is 14.9 Å². The molecule has 1 aliphatic heterocycles. The average molecular weight is 482 g/mol. The monoisotopic (exact) mass is 481 g/mol. The first-order valence-corrected chi connectivity index (χ1v) is 11.7. The van der Waals surface area contributed by atoms with Gasteiger partial charge in [-0.25, -0.2) is 4.98 Å². The Bertz CT molecular complexity index is 1220. The lowest BCUT2D eigenvalue weighted by atomic mass is 9.95. The molecular formula is C25H24ClN3O3S. The number of hydrogen-bond acceptors (Lipinski definition) is 6. The van der Waals surface area contributed by atoms with E-state index in [1.165, 1.54) is 11.3 Å². The molecule has 1 aromatic heterocycles. The minimum absolute atomic E-state index is 0.0763. The summed E-state index contributed by atoms with van der Waals surface area (Å²) >= 11 is 7.33. The van der Waals surface area contributed by atoms with Gasteiger partial charge in [0, 0.05) is 23.7 Å². The zero-order valence-electron chi connectivity index (χ0n) is 18.6. The molecule has 1 aliphatic rings. The van der Waals surface area contributed by atoms with E-state index in [4.69, 9.17) is 11.6 Å². The van der Waals surface area contributed by atoms with Crippen molar-refractivity contribution in [3.8, 4) is 10.6 Å². The second-order valence-corrected chi connectivity index (χ2v) is 9.58. The number of aliphatic hydroxyl groups excluding tert-OH is 1. The summed E-state index contributed by atoms with van der Waals surface area (Å²) in [6.45, 7) is 2.71. The molecule has 0 saturated heterocycles. The van der Waals surface area contributed by atoms with E-state index in [2.05, 4.69) is 4.98 Å². The molecule has 0 bridgehead atoms. The van der Waals surface area contributed by atoms with Gasteiger partial charge in [0.05, 0.1) is 22.2 Å². The summed E-state index contributed by atoms with van der Waals surface area (Å²) < 4.78 is 0. The number of aryl methyl sites for hydroxylation is 1. The molecule has 0 spiro atoms. The van der Waals surface area contributed by atoms with Gasteiger partial charge in [0.1, 0.15) is 5.01 Å². The van der Waals surface area contributed by atoms with Crippen molar-refractivity contribution in [1.82, 2.24) is 14.8 Å². The fourth-order valence-corrected chi connectivity index (χ4v) is 5.00. The van der Waals surface area contributed by atoms with Crippen LogP contribution in [0.4, 0.5) is 0 Å². The van der Waals surface area contributed by atoms with Crippen LogP contribution in [-0.4, -0.2) is 58.8 Å². The molecule has 1 atom stereocenters. The molecule has 2 heterocycles. The number of hydrogen-bond donors (Lipinski definition) is 1. The average Bonchev–Trinajstić information content (AvgIpc) is 3.31. The maximum absolute atomic E-state index is 13.7. The number of likely N-dealkylation sites (N-methyl/N-ethyl adjacent to an activating group) is 1. The molecule has 0 aliphatic carbocycles. The van der Waals surface area contributed by atoms with Gasteiger partial charge in [-0.3, -0.25) is 9.59 Å². The highest BCUT2D eigenvalue weighted by atomic mass is 35.5. The fourth-order valence-electron chi connectivity index (χ4n) is 3.85. The van der Waals surface area contributed by atoms with Crippen LogP contribution >= 0.6 is 22.9 Å². The van der Waals surface area contributed by atoms with Crippen LogP contribution in [0.3, 0.4) is 0 Å². The van der Waals surface area contributed by atoms with E-state index in [9.17, 15) is 14.7 Å². The molecule has 8 heteroatoms. The summed E-state index contributed by atoms with van der Waals surface area (Å²) in [5, 5.41) is 12.1. The van der Waals surface area contributed by atoms with Gasteiger partial charge in [0.2, 0.25) is 5.78 Å². The van der Waals surface area contributed by atoms with E-state index in [1.54, 1.807) is 36.1 Å². The Balaban J connectivity index is 1.77. The Hall–Kier alpha value is -3.00. The van der Waals surface area contributed by atoms with Gasteiger partial charge in [-0.2, -0.15) is 0 Å². The largest absolute Gasteiger partial charge is 0.503 e. The van der Waals surface area contributed by atoms with Gasteiger partial charge >= 0.3 is 0 Å². The van der Waals surface area contributed by atoms with Crippen molar-refractivity contribution in [3.63, 3.8) is 0 Å². The smallest absolute Gasteiger partial charge is 0.290 e. The molecule has 6 nitrogen and oxygen atoms in total. The van der Waals surface area contributed by atoms with E-state index in [-0.39, 0.29) is 11.4 Å². The highest BCUT2D eigenvalue weighted by molar-refractivity contribution is 7.17. The molecule has 33 heavy (non-hydrogen) atoms. The summed E-state index contributed by atoms with van der Waals surface area (Å²) in [5.74, 6) is -1.44. The first-order chi connectivity index (χ1) is 15.8. The predicted octanol–water partition coefficient (Wildman–Crippen LogP) is 4.91. The molecule has 2 aromatic carbocycles. The number of thiazole rings is 1. The highest BCUT2D eigenvalue weighted by Gasteiger charge is 2.44. The summed E-state index contributed by atoms with van der Waals surface area (Å²) in [4.78, 5) is 35.3. The van der Waals surface area contributed by atoms with E-state index in [0.717, 1.165) is 5.56 Å². The SMILES string of the molecule is Cc1nc(-c2ccccc2)sc1C(=O)C1=C(O)C(=O)N(CCN(C)C)[C@H]1c1ccc(Cl)cc1. The van der Waals surface area contributed by atoms with Crippen molar-refractivity contribution < 1.29 is 14.7 Å². The first-order valence-electron chi connectivity index (χ1n) is 10.5. The van der Waals surface area contributed by atoms with Crippen LogP contribution in [0.5, 0.6) is 0 Å². The number of benzene rings is 2. The quantitative estimate of drug-likeness (QED) is 0.485. The van der Waals surface area contributed by atoms with Crippen LogP contribution in [0.15, 0.2) is 65.9 Å². The van der Waals surface area contributed by atoms with Crippen molar-refractivity contribution >= 4 is 34.6 Å². The second kappa shape index (κ2) is 9.47. The summed E-state index contributed by atoms with van der Waals surface area (Å²) in [5.41, 5.74) is 2.27. The molecule has 1 N–H and O–H groups in total. The van der Waals surface area contributed by atoms with Gasteiger partial charge in [-0.1, -0.05) is 54.1 Å². The van der Waals surface area contributed by atoms with E-state index >= 15 is 0 Å². The normalized spacial score (nSPS) is 16.2. The van der Waals surface area contributed by atoms with Gasteiger partial charge in [0.25, 0.3) is 5.91 Å². The number of aliphatic hydroxyl groups is 1. The number of ketones is 1. The van der Waals surface area contributed by atoms with E-state index < -0.39 is 17.7 Å². The Morgan fingerprint density at radius 3 is 2.45 bits per heavy atom. The molecule has 0 radical (unpaired) electrons. The third-order valence-electron chi connectivity index (χ3n) is 5.55. The van der Waals surface area contributed by atoms with Crippen LogP contribution in [0.1, 0.15) is 27.0 Å². The summed E-state index contributed by atoms with van der Waals surface area (Å²) in [6.07, 6.45) is 0. The lowest BCUT2D eigenvalue weighted by molar-refractivity contribution is -0.129. The maximum Gasteiger partial charge on any atom is 0.290 e. The minimum atomic E-state index is -0.705. The summed E-state index contributed by atoms with van der Waals surface area (Å²) in [7, 11) is 3.81. The van der Waals surface area contributed by atoms with Crippen LogP contribution in [0.2, 0.25) is 5.02 Å². The van der Waals surface area contributed by atoms with Crippen LogP contribution < -0.4 is 0 Å². The zero-order chi connectivity index (χ0) is 23.7. The van der Waals surface area contributed by atoms with Crippen molar-refractivity contribution in [2.75, 3.05) is 27.2 Å². The molecule has 0 saturated carbocycles. The van der Waals surface area contributed by atoms with Crippen LogP contribution in [0, 0.1) is 6.92 Å². The first kappa shape index (κ1) is 23.2. The standard InChI is InChI=1S/C25H24ClN3O3S/c1-15-23(33-24(27-15)17-7-5-4-6-8-17)21(30)19-20(16-9-11-18(26)12-10-16)29(14-13-28(2)3)25(32)22(19)31/h4-12,20,31H,13-14H2,1-3H3/t20-/m0/s1. The fraction of sp³-hybridized carbons (Fsp3) is 0.240. The molecule has 3 aromatic rings. The van der Waals surface area contributed by atoms with Gasteiger partial charge in [0.15, 0.2) is 5.76 Å². The van der Waals surface area contributed by atoms with Crippen molar-refractivity contribution in [2.24, 2.45) is 0 Å². The van der Waals surface area contributed by atoms with Crippen LogP contribution in [-0.2, 0) is 4.79 Å². The number of rotatable bonds is 7.